The van der Waals surface area contributed by atoms with Crippen molar-refractivity contribution < 1.29 is 17.9 Å². The number of carbonyl (C=O) groups is 1. The van der Waals surface area contributed by atoms with Crippen LogP contribution in [0.25, 0.3) is 0 Å². The van der Waals surface area contributed by atoms with E-state index in [1.807, 2.05) is 37.3 Å². The number of nitrogens with one attached hydrogen (secondary N) is 1. The van der Waals surface area contributed by atoms with Crippen LogP contribution in [0.4, 0.5) is 5.69 Å². The van der Waals surface area contributed by atoms with Gasteiger partial charge in [-0.1, -0.05) is 60.2 Å². The Morgan fingerprint density at radius 3 is 2.22 bits per heavy atom. The Labute approximate surface area is 217 Å². The van der Waals surface area contributed by atoms with E-state index in [4.69, 9.17) is 4.74 Å². The van der Waals surface area contributed by atoms with Crippen LogP contribution in [-0.4, -0.2) is 27.6 Å². The molecule has 188 valence electrons. The lowest BCUT2D eigenvalue weighted by atomic mass is 10.1. The molecule has 0 aliphatic rings. The zero-order chi connectivity index (χ0) is 26.3. The van der Waals surface area contributed by atoms with E-state index in [9.17, 15) is 13.2 Å². The van der Waals surface area contributed by atoms with Crippen molar-refractivity contribution in [3.63, 3.8) is 0 Å². The summed E-state index contributed by atoms with van der Waals surface area (Å²) in [4.78, 5) is 13.3. The van der Waals surface area contributed by atoms with E-state index < -0.39 is 15.9 Å². The highest BCUT2D eigenvalue weighted by Crippen LogP contribution is 2.29. The molecular formula is C29H27N3O4S. The summed E-state index contributed by atoms with van der Waals surface area (Å²) in [5.41, 5.74) is 5.44. The molecule has 0 saturated carbocycles. The standard InChI is InChI=1S/C29H27N3O4S/c1-22-12-18-26(19-13-22)37(34,35)32(21-24-8-4-3-5-9-24)28-11-7-6-10-27(28)29(33)31-30-20-23-14-16-25(36-2)17-15-23/h3-20H,21H2,1-2H3,(H,31,33)/b30-20-. The average molecular weight is 514 g/mol. The van der Waals surface area contributed by atoms with E-state index >= 15 is 0 Å². The molecule has 7 nitrogen and oxygen atoms in total. The number of nitrogens with zero attached hydrogens (tertiary/aromatic N) is 2. The largest absolute Gasteiger partial charge is 0.497 e. The van der Waals surface area contributed by atoms with E-state index in [2.05, 4.69) is 10.5 Å². The SMILES string of the molecule is COc1ccc(/C=N\NC(=O)c2ccccc2N(Cc2ccccc2)S(=O)(=O)c2ccc(C)cc2)cc1. The van der Waals surface area contributed by atoms with Crippen molar-refractivity contribution in [1.82, 2.24) is 5.43 Å². The maximum atomic E-state index is 13.8. The Hall–Kier alpha value is -4.43. The van der Waals surface area contributed by atoms with Crippen LogP contribution in [-0.2, 0) is 16.6 Å². The molecule has 8 heteroatoms. The Morgan fingerprint density at radius 2 is 1.54 bits per heavy atom. The van der Waals surface area contributed by atoms with Crippen molar-refractivity contribution >= 4 is 27.8 Å². The van der Waals surface area contributed by atoms with E-state index in [0.717, 1.165) is 16.7 Å². The summed E-state index contributed by atoms with van der Waals surface area (Å²) in [6.45, 7) is 1.95. The molecule has 1 amide bonds. The van der Waals surface area contributed by atoms with E-state index in [0.29, 0.717) is 5.75 Å². The number of methoxy groups -OCH3 is 1. The third-order valence-corrected chi connectivity index (χ3v) is 7.46. The topological polar surface area (TPSA) is 88.1 Å². The molecule has 1 N–H and O–H groups in total. The van der Waals surface area contributed by atoms with Gasteiger partial charge in [0.1, 0.15) is 5.75 Å². The van der Waals surface area contributed by atoms with Gasteiger partial charge in [0.15, 0.2) is 0 Å². The molecule has 0 spiro atoms. The summed E-state index contributed by atoms with van der Waals surface area (Å²) in [7, 11) is -2.41. The number of rotatable bonds is 9. The summed E-state index contributed by atoms with van der Waals surface area (Å²) in [6.07, 6.45) is 1.50. The molecule has 0 unspecified atom stereocenters. The first-order valence-corrected chi connectivity index (χ1v) is 13.0. The molecule has 0 aliphatic heterocycles. The Bertz CT molecular complexity index is 1480. The first-order valence-electron chi connectivity index (χ1n) is 11.6. The third kappa shape index (κ3) is 6.23. The van der Waals surface area contributed by atoms with Gasteiger partial charge < -0.3 is 4.74 Å². The van der Waals surface area contributed by atoms with Crippen molar-refractivity contribution in [2.24, 2.45) is 5.10 Å². The van der Waals surface area contributed by atoms with Crippen molar-refractivity contribution in [1.29, 1.82) is 0 Å². The fourth-order valence-corrected chi connectivity index (χ4v) is 5.16. The molecule has 4 aromatic carbocycles. The van der Waals surface area contributed by atoms with E-state index in [1.165, 1.54) is 10.5 Å². The van der Waals surface area contributed by atoms with Gasteiger partial charge in [0, 0.05) is 0 Å². The second-order valence-corrected chi connectivity index (χ2v) is 10.2. The summed E-state index contributed by atoms with van der Waals surface area (Å²) in [5, 5.41) is 4.05. The molecule has 37 heavy (non-hydrogen) atoms. The van der Waals surface area contributed by atoms with Crippen molar-refractivity contribution in [2.75, 3.05) is 11.4 Å². The number of amides is 1. The summed E-state index contributed by atoms with van der Waals surface area (Å²) < 4.78 is 34.1. The molecule has 4 aromatic rings. The lowest BCUT2D eigenvalue weighted by Gasteiger charge is -2.26. The van der Waals surface area contributed by atoms with Gasteiger partial charge in [-0.2, -0.15) is 5.10 Å². The Morgan fingerprint density at radius 1 is 0.892 bits per heavy atom. The minimum atomic E-state index is -3.99. The fraction of sp³-hybridized carbons (Fsp3) is 0.103. The van der Waals surface area contributed by atoms with Crippen LogP contribution >= 0.6 is 0 Å². The minimum absolute atomic E-state index is 0.0520. The van der Waals surface area contributed by atoms with Gasteiger partial charge in [0.05, 0.1) is 36.0 Å². The van der Waals surface area contributed by atoms with Gasteiger partial charge in [0.25, 0.3) is 15.9 Å². The highest BCUT2D eigenvalue weighted by atomic mass is 32.2. The maximum Gasteiger partial charge on any atom is 0.273 e. The third-order valence-electron chi connectivity index (χ3n) is 5.69. The Balaban J connectivity index is 1.67. The summed E-state index contributed by atoms with van der Waals surface area (Å²) in [6, 6.07) is 29.7. The molecule has 0 atom stereocenters. The van der Waals surface area contributed by atoms with Crippen LogP contribution in [0, 0.1) is 6.92 Å². The molecule has 0 saturated heterocycles. The molecule has 0 radical (unpaired) electrons. The second kappa shape index (κ2) is 11.5. The maximum absolute atomic E-state index is 13.8. The van der Waals surface area contributed by atoms with Crippen LogP contribution in [0.2, 0.25) is 0 Å². The Kier molecular flexibility index (Phi) is 8.00. The average Bonchev–Trinajstić information content (AvgIpc) is 2.93. The van der Waals surface area contributed by atoms with Crippen LogP contribution in [0.15, 0.2) is 113 Å². The smallest absolute Gasteiger partial charge is 0.273 e. The normalized spacial score (nSPS) is 11.3. The highest BCUT2D eigenvalue weighted by molar-refractivity contribution is 7.92. The number of benzene rings is 4. The van der Waals surface area contributed by atoms with Gasteiger partial charge >= 0.3 is 0 Å². The number of anilines is 1. The zero-order valence-electron chi connectivity index (χ0n) is 20.5. The molecule has 0 bridgehead atoms. The molecule has 0 heterocycles. The van der Waals surface area contributed by atoms with Gasteiger partial charge in [-0.3, -0.25) is 9.10 Å². The fourth-order valence-electron chi connectivity index (χ4n) is 3.69. The molecule has 4 rings (SSSR count). The van der Waals surface area contributed by atoms with Gasteiger partial charge in [-0.25, -0.2) is 13.8 Å². The number of aryl methyl sites for hydroxylation is 1. The zero-order valence-corrected chi connectivity index (χ0v) is 21.4. The van der Waals surface area contributed by atoms with Crippen molar-refractivity contribution in [3.05, 3.63) is 125 Å². The van der Waals surface area contributed by atoms with Crippen molar-refractivity contribution in [3.8, 4) is 5.75 Å². The number of hydrogen-bond donors (Lipinski definition) is 1. The highest BCUT2D eigenvalue weighted by Gasteiger charge is 2.28. The molecular weight excluding hydrogens is 486 g/mol. The number of carbonyl (C=O) groups excluding carboxylic acids is 1. The minimum Gasteiger partial charge on any atom is -0.497 e. The number of ether oxygens (including phenoxy) is 1. The summed E-state index contributed by atoms with van der Waals surface area (Å²) in [5.74, 6) is 0.181. The van der Waals surface area contributed by atoms with Gasteiger partial charge in [-0.15, -0.1) is 0 Å². The molecule has 0 fully saturated rings. The van der Waals surface area contributed by atoms with E-state index in [1.54, 1.807) is 79.9 Å². The second-order valence-electron chi connectivity index (χ2n) is 8.30. The van der Waals surface area contributed by atoms with Crippen molar-refractivity contribution in [2.45, 2.75) is 18.4 Å². The predicted molar refractivity (Wildman–Crippen MR) is 145 cm³/mol. The number of hydrogen-bond acceptors (Lipinski definition) is 5. The predicted octanol–water partition coefficient (Wildman–Crippen LogP) is 5.16. The quantitative estimate of drug-likeness (QED) is 0.247. The van der Waals surface area contributed by atoms with Crippen LogP contribution < -0.4 is 14.5 Å². The monoisotopic (exact) mass is 513 g/mol. The van der Waals surface area contributed by atoms with Crippen LogP contribution in [0.1, 0.15) is 27.0 Å². The van der Waals surface area contributed by atoms with E-state index in [-0.39, 0.29) is 22.7 Å². The van der Waals surface area contributed by atoms with Gasteiger partial charge in [0.2, 0.25) is 0 Å². The van der Waals surface area contributed by atoms with Gasteiger partial charge in [-0.05, 0) is 66.6 Å². The first kappa shape index (κ1) is 25.7. The number of hydrazone groups is 1. The lowest BCUT2D eigenvalue weighted by Crippen LogP contribution is -2.33. The number of sulfonamides is 1. The lowest BCUT2D eigenvalue weighted by molar-refractivity contribution is 0.0955. The summed E-state index contributed by atoms with van der Waals surface area (Å²) >= 11 is 0. The van der Waals surface area contributed by atoms with Crippen LogP contribution in [0.5, 0.6) is 5.75 Å². The molecule has 0 aliphatic carbocycles. The first-order chi connectivity index (χ1) is 17.9. The number of para-hydroxylation sites is 1. The molecule has 0 aromatic heterocycles. The van der Waals surface area contributed by atoms with Crippen LogP contribution in [0.3, 0.4) is 0 Å².